The van der Waals surface area contributed by atoms with Crippen LogP contribution in [0.2, 0.25) is 0 Å². The molecule has 0 aliphatic heterocycles. The van der Waals surface area contributed by atoms with Gasteiger partial charge in [-0.05, 0) is 62.1 Å². The van der Waals surface area contributed by atoms with Gasteiger partial charge in [0.15, 0.2) is 0 Å². The van der Waals surface area contributed by atoms with Crippen LogP contribution < -0.4 is 9.62 Å². The zero-order valence-electron chi connectivity index (χ0n) is 19.8. The van der Waals surface area contributed by atoms with E-state index >= 15 is 0 Å². The molecular weight excluding hydrogens is 445 g/mol. The summed E-state index contributed by atoms with van der Waals surface area (Å²) in [4.78, 5) is 27.6. The number of nitrogens with one attached hydrogen (secondary N) is 1. The highest BCUT2D eigenvalue weighted by Crippen LogP contribution is 2.25. The van der Waals surface area contributed by atoms with Gasteiger partial charge >= 0.3 is 0 Å². The zero-order valence-corrected chi connectivity index (χ0v) is 20.6. The van der Waals surface area contributed by atoms with Crippen molar-refractivity contribution in [1.29, 1.82) is 0 Å². The molecule has 0 heterocycles. The molecule has 0 saturated heterocycles. The third-order valence-corrected chi connectivity index (χ3v) is 6.44. The lowest BCUT2D eigenvalue weighted by Gasteiger charge is -2.33. The molecule has 2 aromatic rings. The Labute approximate surface area is 195 Å². The van der Waals surface area contributed by atoms with Gasteiger partial charge in [0.25, 0.3) is 0 Å². The second kappa shape index (κ2) is 11.3. The molecule has 9 heteroatoms. The molecule has 0 fully saturated rings. The lowest BCUT2D eigenvalue weighted by atomic mass is 10.1. The van der Waals surface area contributed by atoms with Crippen LogP contribution in [0.4, 0.5) is 10.1 Å². The fraction of sp³-hybridized carbons (Fsp3) is 0.417. The molecule has 1 unspecified atom stereocenters. The van der Waals surface area contributed by atoms with Gasteiger partial charge in [-0.15, -0.1) is 0 Å². The van der Waals surface area contributed by atoms with Crippen LogP contribution in [0.5, 0.6) is 0 Å². The first-order chi connectivity index (χ1) is 15.5. The van der Waals surface area contributed by atoms with Crippen molar-refractivity contribution in [1.82, 2.24) is 10.2 Å². The Morgan fingerprint density at radius 1 is 1.06 bits per heavy atom. The average molecular weight is 478 g/mol. The van der Waals surface area contributed by atoms with E-state index in [1.54, 1.807) is 45.0 Å². The Morgan fingerprint density at radius 2 is 1.70 bits per heavy atom. The molecule has 2 amide bonds. The van der Waals surface area contributed by atoms with Crippen LogP contribution in [0.25, 0.3) is 0 Å². The van der Waals surface area contributed by atoms with Crippen molar-refractivity contribution in [3.05, 3.63) is 65.0 Å². The van der Waals surface area contributed by atoms with Crippen LogP contribution in [0.15, 0.2) is 42.5 Å². The monoisotopic (exact) mass is 477 g/mol. The van der Waals surface area contributed by atoms with Crippen molar-refractivity contribution in [2.24, 2.45) is 0 Å². The molecule has 0 aromatic heterocycles. The second-order valence-corrected chi connectivity index (χ2v) is 9.93. The lowest BCUT2D eigenvalue weighted by Crippen LogP contribution is -2.52. The summed E-state index contributed by atoms with van der Waals surface area (Å²) in [6.07, 6.45) is 1.38. The predicted molar refractivity (Wildman–Crippen MR) is 128 cm³/mol. The van der Waals surface area contributed by atoms with E-state index in [1.165, 1.54) is 17.0 Å². The summed E-state index contributed by atoms with van der Waals surface area (Å²) < 4.78 is 39.8. The fourth-order valence-corrected chi connectivity index (χ4v) is 4.48. The van der Waals surface area contributed by atoms with E-state index < -0.39 is 34.3 Å². The zero-order chi connectivity index (χ0) is 24.8. The molecule has 1 N–H and O–H groups in total. The quantitative estimate of drug-likeness (QED) is 0.570. The molecule has 2 aromatic carbocycles. The number of carbonyl (C=O) groups is 2. The molecule has 7 nitrogen and oxygen atoms in total. The number of nitrogens with zero attached hydrogens (tertiary/aromatic N) is 2. The summed E-state index contributed by atoms with van der Waals surface area (Å²) in [5.74, 6) is -1.26. The van der Waals surface area contributed by atoms with E-state index in [-0.39, 0.29) is 12.5 Å². The highest BCUT2D eigenvalue weighted by Gasteiger charge is 2.31. The third kappa shape index (κ3) is 7.02. The van der Waals surface area contributed by atoms with Gasteiger partial charge in [-0.2, -0.15) is 0 Å². The largest absolute Gasteiger partial charge is 0.355 e. The normalized spacial score (nSPS) is 12.2. The first-order valence-electron chi connectivity index (χ1n) is 10.8. The highest BCUT2D eigenvalue weighted by molar-refractivity contribution is 7.92. The predicted octanol–water partition coefficient (Wildman–Crippen LogP) is 3.15. The Bertz CT molecular complexity index is 1090. The third-order valence-electron chi connectivity index (χ3n) is 5.32. The maximum atomic E-state index is 13.5. The maximum absolute atomic E-state index is 13.5. The molecule has 0 aliphatic carbocycles. The van der Waals surface area contributed by atoms with Gasteiger partial charge in [-0.1, -0.05) is 31.2 Å². The summed E-state index contributed by atoms with van der Waals surface area (Å²) in [5.41, 5.74) is 2.61. The number of rotatable bonds is 10. The first kappa shape index (κ1) is 26.3. The maximum Gasteiger partial charge on any atom is 0.244 e. The van der Waals surface area contributed by atoms with Crippen LogP contribution in [0.1, 0.15) is 37.0 Å². The van der Waals surface area contributed by atoms with E-state index in [1.807, 2.05) is 13.0 Å². The van der Waals surface area contributed by atoms with Gasteiger partial charge in [-0.25, -0.2) is 12.8 Å². The van der Waals surface area contributed by atoms with Gasteiger partial charge < -0.3 is 10.2 Å². The van der Waals surface area contributed by atoms with E-state index in [0.29, 0.717) is 29.8 Å². The minimum atomic E-state index is -3.79. The van der Waals surface area contributed by atoms with E-state index in [0.717, 1.165) is 16.1 Å². The average Bonchev–Trinajstić information content (AvgIpc) is 2.74. The van der Waals surface area contributed by atoms with Crippen molar-refractivity contribution in [3.8, 4) is 0 Å². The van der Waals surface area contributed by atoms with Crippen LogP contribution >= 0.6 is 0 Å². The van der Waals surface area contributed by atoms with Crippen LogP contribution in [-0.2, 0) is 26.2 Å². The van der Waals surface area contributed by atoms with Gasteiger partial charge in [0, 0.05) is 13.1 Å². The highest BCUT2D eigenvalue weighted by atomic mass is 32.2. The lowest BCUT2D eigenvalue weighted by molar-refractivity contribution is -0.140. The molecule has 0 spiro atoms. The first-order valence-corrected chi connectivity index (χ1v) is 12.7. The number of carbonyl (C=O) groups excluding carboxylic acids is 2. The van der Waals surface area contributed by atoms with Gasteiger partial charge in [0.05, 0.1) is 11.9 Å². The summed E-state index contributed by atoms with van der Waals surface area (Å²) in [6.45, 7) is 7.16. The van der Waals surface area contributed by atoms with Crippen LogP contribution in [0.3, 0.4) is 0 Å². The number of amides is 2. The van der Waals surface area contributed by atoms with Gasteiger partial charge in [-0.3, -0.25) is 13.9 Å². The summed E-state index contributed by atoms with van der Waals surface area (Å²) in [5, 5.41) is 2.73. The fourth-order valence-electron chi connectivity index (χ4n) is 3.58. The topological polar surface area (TPSA) is 86.8 Å². The molecule has 0 aliphatic rings. The van der Waals surface area contributed by atoms with Crippen molar-refractivity contribution in [2.45, 2.75) is 46.7 Å². The Balaban J connectivity index is 2.46. The number of benzene rings is 2. The number of halogens is 1. The SMILES string of the molecule is CCNC(=O)C(CC)N(Cc1ccc(F)cc1)C(=O)CN(c1cc(C)ccc1C)S(C)(=O)=O. The Kier molecular flexibility index (Phi) is 8.99. The number of sulfonamides is 1. The summed E-state index contributed by atoms with van der Waals surface area (Å²) in [7, 11) is -3.79. The molecule has 1 atom stereocenters. The smallest absolute Gasteiger partial charge is 0.244 e. The van der Waals surface area contributed by atoms with Crippen molar-refractivity contribution in [3.63, 3.8) is 0 Å². The molecular formula is C24H32FN3O4S. The molecule has 0 radical (unpaired) electrons. The second-order valence-electron chi connectivity index (χ2n) is 8.03. The van der Waals surface area contributed by atoms with Crippen LogP contribution in [-0.4, -0.2) is 50.5 Å². The van der Waals surface area contributed by atoms with Crippen molar-refractivity contribution < 1.29 is 22.4 Å². The number of hydrogen-bond acceptors (Lipinski definition) is 4. The number of hydrogen-bond donors (Lipinski definition) is 1. The molecule has 180 valence electrons. The van der Waals surface area contributed by atoms with E-state index in [2.05, 4.69) is 5.32 Å². The number of likely N-dealkylation sites (N-methyl/N-ethyl adjacent to an activating group) is 1. The van der Waals surface area contributed by atoms with Gasteiger partial charge in [0.1, 0.15) is 18.4 Å². The minimum absolute atomic E-state index is 0.0408. The van der Waals surface area contributed by atoms with E-state index in [4.69, 9.17) is 0 Å². The van der Waals surface area contributed by atoms with Crippen LogP contribution in [0, 0.1) is 19.7 Å². The number of anilines is 1. The summed E-state index contributed by atoms with van der Waals surface area (Å²) in [6, 6.07) is 10.2. The van der Waals surface area contributed by atoms with Gasteiger partial charge in [0.2, 0.25) is 21.8 Å². The van der Waals surface area contributed by atoms with E-state index in [9.17, 15) is 22.4 Å². The van der Waals surface area contributed by atoms with Crippen molar-refractivity contribution in [2.75, 3.05) is 23.7 Å². The molecule has 33 heavy (non-hydrogen) atoms. The molecule has 2 rings (SSSR count). The molecule has 0 bridgehead atoms. The minimum Gasteiger partial charge on any atom is -0.355 e. The standard InChI is InChI=1S/C24H32FN3O4S/c1-6-21(24(30)26-7-2)27(15-19-10-12-20(25)13-11-19)23(29)16-28(33(5,31)32)22-14-17(3)8-9-18(22)4/h8-14,21H,6-7,15-16H2,1-5H3,(H,26,30). The van der Waals surface area contributed by atoms with Crippen molar-refractivity contribution >= 4 is 27.5 Å². The summed E-state index contributed by atoms with van der Waals surface area (Å²) >= 11 is 0. The Hall–Kier alpha value is -2.94. The molecule has 0 saturated carbocycles. The Morgan fingerprint density at radius 3 is 2.24 bits per heavy atom. The number of aryl methyl sites for hydroxylation is 2.